The van der Waals surface area contributed by atoms with Gasteiger partial charge in [0.25, 0.3) is 0 Å². The van der Waals surface area contributed by atoms with Crippen molar-refractivity contribution >= 4 is 33.4 Å². The molecule has 0 aromatic carbocycles. The Morgan fingerprint density at radius 3 is 2.96 bits per heavy atom. The molecular formula is C18H22N6O2S. The van der Waals surface area contributed by atoms with Crippen LogP contribution in [-0.4, -0.2) is 64.5 Å². The zero-order valence-electron chi connectivity index (χ0n) is 15.6. The van der Waals surface area contributed by atoms with Gasteiger partial charge in [0.15, 0.2) is 11.6 Å². The molecule has 1 fully saturated rings. The van der Waals surface area contributed by atoms with Crippen LogP contribution in [0, 0.1) is 5.92 Å². The van der Waals surface area contributed by atoms with Gasteiger partial charge >= 0.3 is 0 Å². The Morgan fingerprint density at radius 1 is 1.33 bits per heavy atom. The first kappa shape index (κ1) is 18.0. The second-order valence-electron chi connectivity index (χ2n) is 7.01. The summed E-state index contributed by atoms with van der Waals surface area (Å²) in [7, 11) is -2.35. The number of fused-ring (bicyclic) bond motifs is 1. The highest BCUT2D eigenvalue weighted by molar-refractivity contribution is 7.92. The van der Waals surface area contributed by atoms with Gasteiger partial charge in [-0.25, -0.2) is 24.2 Å². The fourth-order valence-corrected chi connectivity index (χ4v) is 3.82. The minimum atomic E-state index is -2.35. The maximum absolute atomic E-state index is 12.2. The molecule has 1 saturated heterocycles. The Balaban J connectivity index is 1.82. The van der Waals surface area contributed by atoms with E-state index in [0.29, 0.717) is 24.9 Å². The van der Waals surface area contributed by atoms with E-state index in [9.17, 15) is 4.21 Å². The predicted octanol–water partition coefficient (Wildman–Crippen LogP) is 1.96. The molecule has 142 valence electrons. The molecule has 2 aliphatic heterocycles. The highest BCUT2D eigenvalue weighted by Gasteiger charge is 2.28. The lowest BCUT2D eigenvalue weighted by atomic mass is 10.0. The Labute approximate surface area is 159 Å². The molecule has 1 aromatic rings. The lowest BCUT2D eigenvalue weighted by molar-refractivity contribution is 0.0985. The summed E-state index contributed by atoms with van der Waals surface area (Å²) in [6, 6.07) is 1.97. The van der Waals surface area contributed by atoms with Crippen molar-refractivity contribution in [1.29, 1.82) is 0 Å². The van der Waals surface area contributed by atoms with Gasteiger partial charge in [0, 0.05) is 34.9 Å². The second-order valence-corrected chi connectivity index (χ2v) is 9.56. The molecule has 3 heterocycles. The van der Waals surface area contributed by atoms with Gasteiger partial charge in [0.05, 0.1) is 36.6 Å². The van der Waals surface area contributed by atoms with Crippen LogP contribution in [0.1, 0.15) is 12.7 Å². The van der Waals surface area contributed by atoms with Crippen molar-refractivity contribution in [3.05, 3.63) is 35.8 Å². The molecule has 1 aliphatic carbocycles. The molecule has 0 amide bonds. The molecule has 2 atom stereocenters. The number of aliphatic imine (C=N–C) groups is 2. The van der Waals surface area contributed by atoms with Crippen LogP contribution in [0.15, 0.2) is 44.3 Å². The number of allylic oxidation sites excluding steroid dienone is 3. The quantitative estimate of drug-likeness (QED) is 0.792. The number of aromatic nitrogens is 2. The van der Waals surface area contributed by atoms with E-state index >= 15 is 0 Å². The Bertz CT molecular complexity index is 995. The van der Waals surface area contributed by atoms with Crippen molar-refractivity contribution in [1.82, 2.24) is 9.97 Å². The van der Waals surface area contributed by atoms with Gasteiger partial charge in [-0.05, 0) is 13.0 Å². The molecule has 0 saturated carbocycles. The molecule has 0 radical (unpaired) electrons. The normalized spacial score (nSPS) is 24.5. The number of ether oxygens (including phenoxy) is 1. The van der Waals surface area contributed by atoms with Gasteiger partial charge in [0.2, 0.25) is 0 Å². The van der Waals surface area contributed by atoms with Crippen molar-refractivity contribution in [2.75, 3.05) is 37.2 Å². The summed E-state index contributed by atoms with van der Waals surface area (Å²) in [5.41, 5.74) is 1.64. The minimum absolute atomic E-state index is 0.0622. The zero-order valence-corrected chi connectivity index (χ0v) is 16.4. The Hall–Kier alpha value is -2.39. The zero-order chi connectivity index (χ0) is 19.0. The number of rotatable bonds is 3. The molecular weight excluding hydrogens is 364 g/mol. The standard InChI is InChI=1S/C18H22N6O2S/c1-12-10-26-8-7-24(12)16-9-15(23-27(2,3)25)21-18(22-16)17-13-5-4-6-14(13)19-11-20-17/h4-6,9,11-13H,7-8,10H2,1-3H3/t12-,13?/m1/s1. The van der Waals surface area contributed by atoms with Gasteiger partial charge < -0.3 is 9.64 Å². The third-order valence-electron chi connectivity index (χ3n) is 4.49. The van der Waals surface area contributed by atoms with Crippen LogP contribution in [-0.2, 0) is 14.5 Å². The van der Waals surface area contributed by atoms with Crippen LogP contribution >= 0.6 is 0 Å². The summed E-state index contributed by atoms with van der Waals surface area (Å²) in [5, 5.41) is 0. The summed E-state index contributed by atoms with van der Waals surface area (Å²) >= 11 is 0. The lowest BCUT2D eigenvalue weighted by Gasteiger charge is -2.34. The average molecular weight is 386 g/mol. The highest BCUT2D eigenvalue weighted by atomic mass is 32.2. The molecule has 0 spiro atoms. The summed E-state index contributed by atoms with van der Waals surface area (Å²) in [4.78, 5) is 20.2. The fraction of sp³-hybridized carbons (Fsp3) is 0.444. The number of anilines is 1. The Kier molecular flexibility index (Phi) is 4.65. The largest absolute Gasteiger partial charge is 0.377 e. The summed E-state index contributed by atoms with van der Waals surface area (Å²) < 4.78 is 22.1. The van der Waals surface area contributed by atoms with E-state index in [2.05, 4.69) is 31.2 Å². The summed E-state index contributed by atoms with van der Waals surface area (Å²) in [6.07, 6.45) is 10.7. The van der Waals surface area contributed by atoms with E-state index in [1.54, 1.807) is 18.6 Å². The summed E-state index contributed by atoms with van der Waals surface area (Å²) in [6.45, 7) is 4.09. The van der Waals surface area contributed by atoms with E-state index in [1.807, 2.05) is 18.2 Å². The maximum atomic E-state index is 12.2. The number of morpholine rings is 1. The first-order chi connectivity index (χ1) is 12.9. The first-order valence-corrected chi connectivity index (χ1v) is 11.1. The number of hydrogen-bond acceptors (Lipinski definition) is 8. The predicted molar refractivity (Wildman–Crippen MR) is 107 cm³/mol. The van der Waals surface area contributed by atoms with Gasteiger partial charge in [-0.1, -0.05) is 12.2 Å². The van der Waals surface area contributed by atoms with Crippen LogP contribution in [0.4, 0.5) is 11.6 Å². The van der Waals surface area contributed by atoms with Crippen LogP contribution < -0.4 is 4.90 Å². The molecule has 0 bridgehead atoms. The van der Waals surface area contributed by atoms with Gasteiger partial charge in [-0.3, -0.25) is 0 Å². The van der Waals surface area contributed by atoms with Crippen molar-refractivity contribution in [2.24, 2.45) is 20.3 Å². The monoisotopic (exact) mass is 386 g/mol. The van der Waals surface area contributed by atoms with Crippen molar-refractivity contribution in [3.8, 4) is 0 Å². The topological polar surface area (TPSA) is 92.4 Å². The SMILES string of the molecule is C[C@@H]1COCCN1c1cc(N=S(C)(C)=O)nc(C2=NC=NC3=CC=CC32)n1. The van der Waals surface area contributed by atoms with E-state index < -0.39 is 9.73 Å². The minimum Gasteiger partial charge on any atom is -0.377 e. The molecule has 1 unspecified atom stereocenters. The van der Waals surface area contributed by atoms with E-state index in [1.165, 1.54) is 6.34 Å². The third kappa shape index (κ3) is 3.84. The smallest absolute Gasteiger partial charge is 0.179 e. The lowest BCUT2D eigenvalue weighted by Crippen LogP contribution is -2.44. The number of nitrogens with zero attached hydrogens (tertiary/aromatic N) is 6. The van der Waals surface area contributed by atoms with Crippen LogP contribution in [0.5, 0.6) is 0 Å². The molecule has 0 N–H and O–H groups in total. The molecule has 3 aliphatic rings. The molecule has 4 rings (SSSR count). The summed E-state index contributed by atoms with van der Waals surface area (Å²) in [5.74, 6) is 1.58. The van der Waals surface area contributed by atoms with E-state index in [4.69, 9.17) is 9.72 Å². The first-order valence-electron chi connectivity index (χ1n) is 8.80. The highest BCUT2D eigenvalue weighted by Crippen LogP contribution is 2.29. The second kappa shape index (κ2) is 6.97. The van der Waals surface area contributed by atoms with E-state index in [-0.39, 0.29) is 12.0 Å². The molecule has 8 nitrogen and oxygen atoms in total. The third-order valence-corrected chi connectivity index (χ3v) is 5.12. The van der Waals surface area contributed by atoms with Crippen molar-refractivity contribution in [3.63, 3.8) is 0 Å². The van der Waals surface area contributed by atoms with Crippen molar-refractivity contribution in [2.45, 2.75) is 13.0 Å². The van der Waals surface area contributed by atoms with Crippen LogP contribution in [0.2, 0.25) is 0 Å². The number of hydrogen-bond donors (Lipinski definition) is 0. The van der Waals surface area contributed by atoms with Crippen LogP contribution in [0.3, 0.4) is 0 Å². The molecule has 1 aromatic heterocycles. The average Bonchev–Trinajstić information content (AvgIpc) is 3.09. The van der Waals surface area contributed by atoms with Crippen LogP contribution in [0.25, 0.3) is 0 Å². The molecule has 9 heteroatoms. The Morgan fingerprint density at radius 2 is 2.19 bits per heavy atom. The van der Waals surface area contributed by atoms with E-state index in [0.717, 1.165) is 23.8 Å². The van der Waals surface area contributed by atoms with Gasteiger partial charge in [0.1, 0.15) is 12.2 Å². The molecule has 27 heavy (non-hydrogen) atoms. The maximum Gasteiger partial charge on any atom is 0.179 e. The van der Waals surface area contributed by atoms with Crippen molar-refractivity contribution < 1.29 is 8.95 Å². The van der Waals surface area contributed by atoms with Gasteiger partial charge in [-0.15, -0.1) is 0 Å². The van der Waals surface area contributed by atoms with Gasteiger partial charge in [-0.2, -0.15) is 4.36 Å². The fourth-order valence-electron chi connectivity index (χ4n) is 3.28.